The number of nitrogens with zero attached hydrogens (tertiary/aromatic N) is 3. The van der Waals surface area contributed by atoms with Crippen LogP contribution in [0.4, 0.5) is 8.78 Å². The highest BCUT2D eigenvalue weighted by atomic mass is 19.1. The van der Waals surface area contributed by atoms with Crippen LogP contribution in [-0.2, 0) is 15.1 Å². The van der Waals surface area contributed by atoms with E-state index in [1.165, 1.54) is 67.7 Å². The molecule has 1 amide bonds. The zero-order valence-electron chi connectivity index (χ0n) is 17.2. The summed E-state index contributed by atoms with van der Waals surface area (Å²) in [6.45, 7) is 0.356. The van der Waals surface area contributed by atoms with Crippen LogP contribution in [-0.4, -0.2) is 42.0 Å². The maximum absolute atomic E-state index is 14.9. The highest BCUT2D eigenvalue weighted by Gasteiger charge is 2.52. The average molecular weight is 430 g/mol. The molecule has 1 aromatic carbocycles. The standard InChI is InChI=1S/C19H18F2N4O3.C3H6/c1-25-17(26)12-6-8-27-10-19(12,24-18(25)22)13-9-11(4-5-14(13)20)28-16-15(21)3-2-7-23-16;1-2-3-1/h2-5,7,9,12H,6,8,10H2,1H3,(H2,22,24);1-3H2. The van der Waals surface area contributed by atoms with Gasteiger partial charge in [0.1, 0.15) is 17.1 Å². The van der Waals surface area contributed by atoms with Crippen molar-refractivity contribution >= 4 is 11.9 Å². The van der Waals surface area contributed by atoms with Crippen molar-refractivity contribution in [1.82, 2.24) is 9.88 Å². The fourth-order valence-electron chi connectivity index (χ4n) is 3.62. The maximum Gasteiger partial charge on any atom is 0.255 e. The number of amides is 1. The largest absolute Gasteiger partial charge is 0.436 e. The number of benzene rings is 1. The van der Waals surface area contributed by atoms with E-state index in [9.17, 15) is 13.6 Å². The van der Waals surface area contributed by atoms with Gasteiger partial charge in [0.05, 0.1) is 12.5 Å². The highest BCUT2D eigenvalue weighted by molar-refractivity contribution is 6.00. The molecule has 2 fully saturated rings. The summed E-state index contributed by atoms with van der Waals surface area (Å²) in [4.78, 5) is 22.3. The highest BCUT2D eigenvalue weighted by Crippen LogP contribution is 2.44. The topological polar surface area (TPSA) is 90.0 Å². The Morgan fingerprint density at radius 2 is 2.00 bits per heavy atom. The molecule has 7 nitrogen and oxygen atoms in total. The molecule has 0 radical (unpaired) electrons. The minimum atomic E-state index is -1.31. The molecule has 2 N–H and O–H groups in total. The lowest BCUT2D eigenvalue weighted by Crippen LogP contribution is -2.58. The predicted molar refractivity (Wildman–Crippen MR) is 110 cm³/mol. The first kappa shape index (κ1) is 21.2. The molecule has 3 heterocycles. The van der Waals surface area contributed by atoms with Gasteiger partial charge in [-0.1, -0.05) is 19.3 Å². The second-order valence-electron chi connectivity index (χ2n) is 7.78. The van der Waals surface area contributed by atoms with Crippen molar-refractivity contribution in [2.75, 3.05) is 20.3 Å². The number of fused-ring (bicyclic) bond motifs is 1. The van der Waals surface area contributed by atoms with Gasteiger partial charge in [-0.05, 0) is 36.8 Å². The molecule has 1 aromatic heterocycles. The van der Waals surface area contributed by atoms with Gasteiger partial charge >= 0.3 is 0 Å². The number of nitrogens with two attached hydrogens (primary N) is 1. The number of carbonyl (C=O) groups excluding carboxylic acids is 1. The zero-order valence-corrected chi connectivity index (χ0v) is 17.2. The van der Waals surface area contributed by atoms with Gasteiger partial charge in [-0.25, -0.2) is 18.8 Å². The van der Waals surface area contributed by atoms with Crippen LogP contribution in [0.15, 0.2) is 41.5 Å². The molecule has 0 bridgehead atoms. The molecule has 3 aliphatic rings. The molecule has 2 atom stereocenters. The van der Waals surface area contributed by atoms with E-state index in [1.807, 2.05) is 0 Å². The van der Waals surface area contributed by atoms with Gasteiger partial charge in [0.25, 0.3) is 5.88 Å². The number of ether oxygens (including phenoxy) is 2. The van der Waals surface area contributed by atoms with Crippen LogP contribution in [0.25, 0.3) is 0 Å². The van der Waals surface area contributed by atoms with Crippen LogP contribution in [0.1, 0.15) is 31.2 Å². The van der Waals surface area contributed by atoms with Crippen LogP contribution in [0, 0.1) is 17.6 Å². The Hall–Kier alpha value is -3.07. The predicted octanol–water partition coefficient (Wildman–Crippen LogP) is 3.34. The number of hydrogen-bond donors (Lipinski definition) is 1. The van der Waals surface area contributed by atoms with E-state index in [0.717, 1.165) is 0 Å². The molecular formula is C22H24F2N4O3. The van der Waals surface area contributed by atoms with Crippen molar-refractivity contribution in [2.24, 2.45) is 16.6 Å². The van der Waals surface area contributed by atoms with E-state index >= 15 is 0 Å². The lowest BCUT2D eigenvalue weighted by atomic mass is 9.74. The quantitative estimate of drug-likeness (QED) is 0.807. The van der Waals surface area contributed by atoms with E-state index in [0.29, 0.717) is 13.0 Å². The molecule has 1 saturated carbocycles. The minimum absolute atomic E-state index is 0.00370. The first-order valence-electron chi connectivity index (χ1n) is 10.2. The Labute approximate surface area is 178 Å². The molecule has 5 rings (SSSR count). The number of halogens is 2. The lowest BCUT2D eigenvalue weighted by molar-refractivity contribution is -0.140. The summed E-state index contributed by atoms with van der Waals surface area (Å²) < 4.78 is 39.7. The number of hydrogen-bond acceptors (Lipinski definition) is 6. The van der Waals surface area contributed by atoms with Crippen LogP contribution in [0.3, 0.4) is 0 Å². The van der Waals surface area contributed by atoms with Gasteiger partial charge in [-0.2, -0.15) is 0 Å². The first-order chi connectivity index (χ1) is 14.9. The van der Waals surface area contributed by atoms with Gasteiger partial charge in [0.15, 0.2) is 11.8 Å². The molecule has 2 unspecified atom stereocenters. The normalized spacial score (nSPS) is 24.5. The Bertz CT molecular complexity index is 1010. The third-order valence-electron chi connectivity index (χ3n) is 5.43. The maximum atomic E-state index is 14.9. The fraction of sp³-hybridized carbons (Fsp3) is 0.409. The third-order valence-corrected chi connectivity index (χ3v) is 5.43. The molecule has 9 heteroatoms. The van der Waals surface area contributed by atoms with Gasteiger partial charge in [0, 0.05) is 25.4 Å². The number of aromatic nitrogens is 1. The van der Waals surface area contributed by atoms with E-state index in [-0.39, 0.29) is 35.7 Å². The number of rotatable bonds is 3. The lowest BCUT2D eigenvalue weighted by Gasteiger charge is -2.45. The Morgan fingerprint density at radius 3 is 2.71 bits per heavy atom. The molecule has 1 saturated heterocycles. The summed E-state index contributed by atoms with van der Waals surface area (Å²) in [5, 5.41) is 0. The molecule has 2 aliphatic heterocycles. The first-order valence-corrected chi connectivity index (χ1v) is 10.2. The summed E-state index contributed by atoms with van der Waals surface area (Å²) in [7, 11) is 1.53. The second kappa shape index (κ2) is 8.58. The van der Waals surface area contributed by atoms with E-state index in [2.05, 4.69) is 9.98 Å². The summed E-state index contributed by atoms with van der Waals surface area (Å²) >= 11 is 0. The van der Waals surface area contributed by atoms with Crippen molar-refractivity contribution in [3.8, 4) is 11.6 Å². The van der Waals surface area contributed by atoms with Crippen LogP contribution < -0.4 is 10.5 Å². The molecule has 164 valence electrons. The summed E-state index contributed by atoms with van der Waals surface area (Å²) in [5.41, 5.74) is 4.72. The summed E-state index contributed by atoms with van der Waals surface area (Å²) in [6, 6.07) is 6.56. The Balaban J connectivity index is 0.000000710. The van der Waals surface area contributed by atoms with Gasteiger partial charge < -0.3 is 15.2 Å². The van der Waals surface area contributed by atoms with E-state index in [1.54, 1.807) is 0 Å². The van der Waals surface area contributed by atoms with E-state index < -0.39 is 23.1 Å². The van der Waals surface area contributed by atoms with Crippen molar-refractivity contribution < 1.29 is 23.0 Å². The summed E-state index contributed by atoms with van der Waals surface area (Å²) in [6.07, 6.45) is 6.26. The number of pyridine rings is 1. The minimum Gasteiger partial charge on any atom is -0.436 e. The number of guanidine groups is 1. The monoisotopic (exact) mass is 430 g/mol. The molecule has 1 aliphatic carbocycles. The SMILES string of the molecule is C1CC1.CN1C(=O)C2CCOCC2(c2cc(Oc3ncccc3F)ccc2F)N=C1N. The Morgan fingerprint density at radius 1 is 1.23 bits per heavy atom. The average Bonchev–Trinajstić information content (AvgIpc) is 3.65. The van der Waals surface area contributed by atoms with Crippen LogP contribution in [0.2, 0.25) is 0 Å². The van der Waals surface area contributed by atoms with Crippen LogP contribution >= 0.6 is 0 Å². The Kier molecular flexibility index (Phi) is 5.86. The zero-order chi connectivity index (χ0) is 22.0. The second-order valence-corrected chi connectivity index (χ2v) is 7.78. The van der Waals surface area contributed by atoms with Crippen LogP contribution in [0.5, 0.6) is 11.6 Å². The van der Waals surface area contributed by atoms with E-state index in [4.69, 9.17) is 15.2 Å². The fourth-order valence-corrected chi connectivity index (χ4v) is 3.62. The number of carbonyl (C=O) groups is 1. The van der Waals surface area contributed by atoms with Crippen molar-refractivity contribution in [1.29, 1.82) is 0 Å². The molecular weight excluding hydrogens is 406 g/mol. The van der Waals surface area contributed by atoms with Crippen molar-refractivity contribution in [3.63, 3.8) is 0 Å². The summed E-state index contributed by atoms with van der Waals surface area (Å²) in [5.74, 6) is -2.22. The van der Waals surface area contributed by atoms with Crippen molar-refractivity contribution in [3.05, 3.63) is 53.7 Å². The molecule has 31 heavy (non-hydrogen) atoms. The van der Waals surface area contributed by atoms with Gasteiger partial charge in [0.2, 0.25) is 5.91 Å². The molecule has 2 aromatic rings. The smallest absolute Gasteiger partial charge is 0.255 e. The van der Waals surface area contributed by atoms with Crippen molar-refractivity contribution in [2.45, 2.75) is 31.2 Å². The van der Waals surface area contributed by atoms with Gasteiger partial charge in [-0.3, -0.25) is 9.69 Å². The van der Waals surface area contributed by atoms with Gasteiger partial charge in [-0.15, -0.1) is 0 Å². The molecule has 0 spiro atoms. The number of aliphatic imine (C=N–C) groups is 1. The third kappa shape index (κ3) is 4.23.